The van der Waals surface area contributed by atoms with Crippen LogP contribution in [0.5, 0.6) is 0 Å². The van der Waals surface area contributed by atoms with Crippen molar-refractivity contribution in [2.24, 2.45) is 11.8 Å². The number of piperidine rings is 2. The van der Waals surface area contributed by atoms with E-state index in [1.165, 1.54) is 25.7 Å². The lowest BCUT2D eigenvalue weighted by atomic mass is 9.97. The maximum absolute atomic E-state index is 10.6. The number of rotatable bonds is 2. The van der Waals surface area contributed by atoms with Gasteiger partial charge in [0.1, 0.15) is 0 Å². The van der Waals surface area contributed by atoms with Gasteiger partial charge in [-0.15, -0.1) is 0 Å². The van der Waals surface area contributed by atoms with Gasteiger partial charge in [0, 0.05) is 12.8 Å². The van der Waals surface area contributed by atoms with E-state index in [-0.39, 0.29) is 0 Å². The quantitative estimate of drug-likeness (QED) is 0.221. The maximum Gasteiger partial charge on any atom is 0.490 e. The predicted octanol–water partition coefficient (Wildman–Crippen LogP) is 4.33. The highest BCUT2D eigenvalue weighted by Gasteiger charge is 2.40. The zero-order valence-corrected chi connectivity index (χ0v) is 23.1. The van der Waals surface area contributed by atoms with Crippen molar-refractivity contribution in [1.82, 2.24) is 10.6 Å². The normalized spacial score (nSPS) is 17.5. The molecule has 24 heteroatoms. The van der Waals surface area contributed by atoms with E-state index in [4.69, 9.17) is 50.1 Å². The average Bonchev–Trinajstić information content (AvgIpc) is 2.90. The molecule has 0 aromatic carbocycles. The topological polar surface area (TPSA) is 221 Å². The van der Waals surface area contributed by atoms with Crippen molar-refractivity contribution in [2.75, 3.05) is 26.2 Å². The first-order valence-corrected chi connectivity index (χ1v) is 12.0. The van der Waals surface area contributed by atoms with Crippen LogP contribution in [0.3, 0.4) is 0 Å². The van der Waals surface area contributed by atoms with Crippen molar-refractivity contribution in [3.63, 3.8) is 0 Å². The van der Waals surface area contributed by atoms with Gasteiger partial charge in [0.15, 0.2) is 0 Å². The summed E-state index contributed by atoms with van der Waals surface area (Å²) in [5, 5.41) is 51.7. The van der Waals surface area contributed by atoms with Crippen LogP contribution in [0.25, 0.3) is 0 Å². The Bertz CT molecular complexity index is 850. The third-order valence-electron chi connectivity index (χ3n) is 4.53. The largest absolute Gasteiger partial charge is 0.490 e. The minimum absolute atomic E-state index is 0.628. The molecule has 0 saturated carbocycles. The molecule has 46 heavy (non-hydrogen) atoms. The molecule has 0 aromatic rings. The molecule has 2 heterocycles. The molecule has 6 N–H and O–H groups in total. The fraction of sp³-hybridized carbons (Fsp3) is 0.727. The van der Waals surface area contributed by atoms with Gasteiger partial charge in [-0.2, -0.15) is 63.2 Å². The van der Waals surface area contributed by atoms with Crippen LogP contribution in [0, 0.1) is 34.5 Å². The highest BCUT2D eigenvalue weighted by atomic mass is 19.4. The smallest absolute Gasteiger partial charge is 0.475 e. The number of hydrogen-bond donors (Lipinski definition) is 6. The van der Waals surface area contributed by atoms with Gasteiger partial charge in [-0.1, -0.05) is 0 Å². The van der Waals surface area contributed by atoms with E-state index in [1.54, 1.807) is 0 Å². The highest BCUT2D eigenvalue weighted by Crippen LogP contribution is 2.15. The zero-order chi connectivity index (χ0) is 37.4. The Labute approximate surface area is 251 Å². The number of alkyl halides is 12. The third-order valence-corrected chi connectivity index (χ3v) is 4.53. The van der Waals surface area contributed by atoms with E-state index < -0.39 is 48.6 Å². The van der Waals surface area contributed by atoms with E-state index in [2.05, 4.69) is 22.8 Å². The Morgan fingerprint density at radius 1 is 0.543 bits per heavy atom. The number of nitrogens with zero attached hydrogens (tertiary/aromatic N) is 2. The van der Waals surface area contributed by atoms with E-state index in [0.717, 1.165) is 39.0 Å². The Hall–Kier alpha value is -4.06. The standard InChI is InChI=1S/2C7H12N2.4C2HF3O2/c2*8-4-3-7-2-1-5-9-6-7;4*3-2(4,5)1(6)7/h2*7,9H,1-3,5-6H2;4*(H,6,7)/t2*7-;;;;/m10..../s1. The zero-order valence-electron chi connectivity index (χ0n) is 23.1. The highest BCUT2D eigenvalue weighted by molar-refractivity contribution is 5.74. The van der Waals surface area contributed by atoms with Crippen molar-refractivity contribution in [3.05, 3.63) is 0 Å². The number of hydrogen-bond acceptors (Lipinski definition) is 8. The summed E-state index contributed by atoms with van der Waals surface area (Å²) < 4.78 is 127. The van der Waals surface area contributed by atoms with E-state index in [1.807, 2.05) is 0 Å². The number of halogens is 12. The second-order valence-corrected chi connectivity index (χ2v) is 8.36. The molecule has 2 fully saturated rings. The second kappa shape index (κ2) is 24.2. The van der Waals surface area contributed by atoms with Gasteiger partial charge in [-0.25, -0.2) is 19.2 Å². The predicted molar refractivity (Wildman–Crippen MR) is 126 cm³/mol. The summed E-state index contributed by atoms with van der Waals surface area (Å²) in [6, 6.07) is 4.39. The summed E-state index contributed by atoms with van der Waals surface area (Å²) >= 11 is 0. The van der Waals surface area contributed by atoms with Crippen LogP contribution in [-0.4, -0.2) is 95.2 Å². The fourth-order valence-electron chi connectivity index (χ4n) is 2.45. The van der Waals surface area contributed by atoms with Crippen LogP contribution in [0.15, 0.2) is 0 Å². The molecular formula is C22H28F12N4O8. The summed E-state index contributed by atoms with van der Waals surface area (Å²) in [6.07, 6.45) is -13.9. The molecule has 0 unspecified atom stereocenters. The summed E-state index contributed by atoms with van der Waals surface area (Å²) in [7, 11) is 0. The first-order chi connectivity index (χ1) is 20.6. The first-order valence-electron chi connectivity index (χ1n) is 12.0. The molecule has 0 amide bonds. The molecular weight excluding hydrogens is 676 g/mol. The van der Waals surface area contributed by atoms with Gasteiger partial charge in [0.25, 0.3) is 0 Å². The molecule has 2 atom stereocenters. The molecule has 2 aliphatic heterocycles. The monoisotopic (exact) mass is 704 g/mol. The van der Waals surface area contributed by atoms with Crippen LogP contribution in [0.4, 0.5) is 52.7 Å². The molecule has 2 rings (SSSR count). The molecule has 0 aromatic heterocycles. The van der Waals surface area contributed by atoms with E-state index >= 15 is 0 Å². The molecule has 0 bridgehead atoms. The number of nitrogens with one attached hydrogen (secondary N) is 2. The van der Waals surface area contributed by atoms with E-state index in [9.17, 15) is 52.7 Å². The van der Waals surface area contributed by atoms with Gasteiger partial charge < -0.3 is 31.1 Å². The summed E-state index contributed by atoms with van der Waals surface area (Å²) in [5.41, 5.74) is 0. The van der Waals surface area contributed by atoms with Gasteiger partial charge >= 0.3 is 48.6 Å². The molecule has 2 aliphatic rings. The Kier molecular flexibility index (Phi) is 25.7. The SMILES string of the molecule is N#CC[C@@H]1CCCNC1.N#CC[C@H]1CCCNC1.O=C(O)C(F)(F)F.O=C(O)C(F)(F)F.O=C(O)C(F)(F)F.O=C(O)C(F)(F)F. The molecule has 12 nitrogen and oxygen atoms in total. The van der Waals surface area contributed by atoms with Gasteiger partial charge in [0.05, 0.1) is 12.1 Å². The average molecular weight is 704 g/mol. The number of carbonyl (C=O) groups is 4. The van der Waals surface area contributed by atoms with Gasteiger partial charge in [-0.3, -0.25) is 0 Å². The van der Waals surface area contributed by atoms with Gasteiger partial charge in [-0.05, 0) is 63.7 Å². The van der Waals surface area contributed by atoms with Gasteiger partial charge in [0.2, 0.25) is 0 Å². The van der Waals surface area contributed by atoms with Crippen molar-refractivity contribution >= 4 is 23.9 Å². The lowest BCUT2D eigenvalue weighted by molar-refractivity contribution is -0.193. The second-order valence-electron chi connectivity index (χ2n) is 8.36. The third kappa shape index (κ3) is 34.4. The number of aliphatic carboxylic acids is 4. The number of nitriles is 2. The lowest BCUT2D eigenvalue weighted by Gasteiger charge is -2.19. The van der Waals surface area contributed by atoms with Crippen LogP contribution < -0.4 is 10.6 Å². The van der Waals surface area contributed by atoms with E-state index in [0.29, 0.717) is 11.8 Å². The summed E-state index contributed by atoms with van der Waals surface area (Å²) in [5.74, 6) is -9.77. The molecule has 2 saturated heterocycles. The maximum atomic E-state index is 10.6. The molecule has 0 radical (unpaired) electrons. The van der Waals surface area contributed by atoms with Crippen LogP contribution in [0.2, 0.25) is 0 Å². The Morgan fingerprint density at radius 2 is 0.739 bits per heavy atom. The van der Waals surface area contributed by atoms with Crippen LogP contribution in [0.1, 0.15) is 38.5 Å². The first kappa shape index (κ1) is 48.8. The van der Waals surface area contributed by atoms with Crippen LogP contribution in [-0.2, 0) is 19.2 Å². The minimum Gasteiger partial charge on any atom is -0.475 e. The Balaban J connectivity index is -0.000000231. The molecule has 0 aliphatic carbocycles. The van der Waals surface area contributed by atoms with Crippen molar-refractivity contribution in [1.29, 1.82) is 10.5 Å². The Morgan fingerprint density at radius 3 is 0.848 bits per heavy atom. The van der Waals surface area contributed by atoms with Crippen molar-refractivity contribution < 1.29 is 92.3 Å². The number of carboxylic acids is 4. The molecule has 0 spiro atoms. The fourth-order valence-corrected chi connectivity index (χ4v) is 2.45. The molecule has 268 valence electrons. The summed E-state index contributed by atoms with van der Waals surface area (Å²) in [6.45, 7) is 4.38. The minimum atomic E-state index is -5.08. The summed E-state index contributed by atoms with van der Waals surface area (Å²) in [4.78, 5) is 35.6. The van der Waals surface area contributed by atoms with Crippen LogP contribution >= 0.6 is 0 Å². The lowest BCUT2D eigenvalue weighted by Crippen LogP contribution is -2.29. The van der Waals surface area contributed by atoms with Crippen molar-refractivity contribution in [2.45, 2.75) is 63.2 Å². The number of carboxylic acid groups (broad SMARTS) is 4. The van der Waals surface area contributed by atoms with Crippen molar-refractivity contribution in [3.8, 4) is 12.1 Å².